The molecule has 0 bridgehead atoms. The maximum Gasteiger partial charge on any atom is 0.0473 e. The molecule has 1 unspecified atom stereocenters. The molecule has 1 aromatic heterocycles. The van der Waals surface area contributed by atoms with Gasteiger partial charge >= 0.3 is 0 Å². The summed E-state index contributed by atoms with van der Waals surface area (Å²) >= 11 is 0. The van der Waals surface area contributed by atoms with Crippen LogP contribution in [0.2, 0.25) is 0 Å². The molecule has 1 saturated carbocycles. The molecule has 3 rings (SSSR count). The van der Waals surface area contributed by atoms with E-state index in [0.717, 1.165) is 19.1 Å². The lowest BCUT2D eigenvalue weighted by Gasteiger charge is -2.29. The van der Waals surface area contributed by atoms with Crippen molar-refractivity contribution in [3.05, 3.63) is 66.0 Å². The van der Waals surface area contributed by atoms with E-state index >= 15 is 0 Å². The van der Waals surface area contributed by atoms with Gasteiger partial charge in [-0.3, -0.25) is 9.88 Å². The van der Waals surface area contributed by atoms with Crippen LogP contribution in [0.3, 0.4) is 0 Å². The largest absolute Gasteiger partial charge is 0.312 e. The summed E-state index contributed by atoms with van der Waals surface area (Å²) in [7, 11) is 2.19. The molecule has 1 aliphatic rings. The van der Waals surface area contributed by atoms with Gasteiger partial charge in [0.15, 0.2) is 0 Å². The Balaban J connectivity index is 1.70. The molecule has 2 aromatic rings. The van der Waals surface area contributed by atoms with Gasteiger partial charge in [-0.25, -0.2) is 0 Å². The van der Waals surface area contributed by atoms with Gasteiger partial charge in [0.1, 0.15) is 0 Å². The predicted octanol–water partition coefficient (Wildman–Crippen LogP) is 3.01. The summed E-state index contributed by atoms with van der Waals surface area (Å²) in [5, 5.41) is 3.66. The predicted molar refractivity (Wildman–Crippen MR) is 85.9 cm³/mol. The van der Waals surface area contributed by atoms with E-state index < -0.39 is 0 Å². The minimum Gasteiger partial charge on any atom is -0.312 e. The summed E-state index contributed by atoms with van der Waals surface area (Å²) < 4.78 is 0. The van der Waals surface area contributed by atoms with Crippen LogP contribution in [0.15, 0.2) is 54.9 Å². The van der Waals surface area contributed by atoms with Gasteiger partial charge in [0, 0.05) is 37.6 Å². The van der Waals surface area contributed by atoms with Gasteiger partial charge in [-0.2, -0.15) is 0 Å². The molecule has 21 heavy (non-hydrogen) atoms. The van der Waals surface area contributed by atoms with Crippen LogP contribution in [0.5, 0.6) is 0 Å². The monoisotopic (exact) mass is 281 g/mol. The molecule has 3 nitrogen and oxygen atoms in total. The number of pyridine rings is 1. The summed E-state index contributed by atoms with van der Waals surface area (Å²) in [6, 6.07) is 16.0. The average Bonchev–Trinajstić information content (AvgIpc) is 3.34. The van der Waals surface area contributed by atoms with Crippen molar-refractivity contribution < 1.29 is 0 Å². The number of nitrogens with zero attached hydrogens (tertiary/aromatic N) is 2. The third-order valence-corrected chi connectivity index (χ3v) is 4.05. The maximum absolute atomic E-state index is 4.21. The second-order valence-electron chi connectivity index (χ2n) is 5.89. The van der Waals surface area contributed by atoms with Gasteiger partial charge in [-0.15, -0.1) is 0 Å². The number of hydrogen-bond acceptors (Lipinski definition) is 3. The molecule has 0 aliphatic heterocycles. The molecule has 0 saturated heterocycles. The van der Waals surface area contributed by atoms with Crippen LogP contribution in [0.4, 0.5) is 0 Å². The van der Waals surface area contributed by atoms with E-state index in [0.29, 0.717) is 6.04 Å². The molecule has 1 aliphatic carbocycles. The van der Waals surface area contributed by atoms with Crippen LogP contribution >= 0.6 is 0 Å². The fourth-order valence-corrected chi connectivity index (χ4v) is 2.66. The van der Waals surface area contributed by atoms with E-state index in [-0.39, 0.29) is 0 Å². The molecule has 0 spiro atoms. The summed E-state index contributed by atoms with van der Waals surface area (Å²) in [5.74, 6) is 0. The first-order valence-corrected chi connectivity index (χ1v) is 7.70. The topological polar surface area (TPSA) is 28.2 Å². The smallest absolute Gasteiger partial charge is 0.0473 e. The Morgan fingerprint density at radius 2 is 2.00 bits per heavy atom. The SMILES string of the molecule is CN(Cc1cccnc1)C(CNC1CC1)c1ccccc1. The molecule has 0 radical (unpaired) electrons. The molecule has 0 amide bonds. The Hall–Kier alpha value is -1.71. The Bertz CT molecular complexity index is 537. The first-order valence-electron chi connectivity index (χ1n) is 7.70. The summed E-state index contributed by atoms with van der Waals surface area (Å²) in [4.78, 5) is 6.62. The lowest BCUT2D eigenvalue weighted by Crippen LogP contribution is -2.34. The quantitative estimate of drug-likeness (QED) is 0.845. The Labute approximate surface area is 127 Å². The van der Waals surface area contributed by atoms with Crippen molar-refractivity contribution >= 4 is 0 Å². The van der Waals surface area contributed by atoms with Crippen molar-refractivity contribution in [2.75, 3.05) is 13.6 Å². The van der Waals surface area contributed by atoms with Crippen LogP contribution in [0, 0.1) is 0 Å². The molecular weight excluding hydrogens is 258 g/mol. The molecule has 1 atom stereocenters. The highest BCUT2D eigenvalue weighted by molar-refractivity contribution is 5.20. The van der Waals surface area contributed by atoms with Crippen molar-refractivity contribution in [1.29, 1.82) is 0 Å². The minimum atomic E-state index is 0.395. The minimum absolute atomic E-state index is 0.395. The second-order valence-corrected chi connectivity index (χ2v) is 5.89. The van der Waals surface area contributed by atoms with E-state index in [1.807, 2.05) is 18.5 Å². The summed E-state index contributed by atoms with van der Waals surface area (Å²) in [6.45, 7) is 1.92. The lowest BCUT2D eigenvalue weighted by atomic mass is 10.0. The van der Waals surface area contributed by atoms with E-state index in [4.69, 9.17) is 0 Å². The Morgan fingerprint density at radius 1 is 1.19 bits per heavy atom. The van der Waals surface area contributed by atoms with Crippen LogP contribution in [-0.4, -0.2) is 29.5 Å². The van der Waals surface area contributed by atoms with Gasteiger partial charge in [0.2, 0.25) is 0 Å². The Kier molecular flexibility index (Phi) is 4.63. The highest BCUT2D eigenvalue weighted by Gasteiger charge is 2.24. The maximum atomic E-state index is 4.21. The highest BCUT2D eigenvalue weighted by atomic mass is 15.2. The standard InChI is InChI=1S/C18H23N3/c1-21(14-15-6-5-11-19-12-15)18(13-20-17-9-10-17)16-7-3-2-4-8-16/h2-8,11-12,17-18,20H,9-10,13-14H2,1H3. The first-order chi connectivity index (χ1) is 10.3. The van der Waals surface area contributed by atoms with Crippen LogP contribution in [0.25, 0.3) is 0 Å². The highest BCUT2D eigenvalue weighted by Crippen LogP contribution is 2.24. The lowest BCUT2D eigenvalue weighted by molar-refractivity contribution is 0.229. The molecule has 1 N–H and O–H groups in total. The van der Waals surface area contributed by atoms with Gasteiger partial charge < -0.3 is 5.32 Å². The number of aromatic nitrogens is 1. The van der Waals surface area contributed by atoms with Crippen LogP contribution in [0.1, 0.15) is 30.0 Å². The molecule has 110 valence electrons. The van der Waals surface area contributed by atoms with Gasteiger partial charge in [-0.05, 0) is 37.1 Å². The normalized spacial score (nSPS) is 16.1. The third kappa shape index (κ3) is 4.13. The Morgan fingerprint density at radius 3 is 2.67 bits per heavy atom. The van der Waals surface area contributed by atoms with Crippen LogP contribution < -0.4 is 5.32 Å². The average molecular weight is 281 g/mol. The number of benzene rings is 1. The zero-order valence-electron chi connectivity index (χ0n) is 12.6. The summed E-state index contributed by atoms with van der Waals surface area (Å²) in [6.07, 6.45) is 6.43. The van der Waals surface area contributed by atoms with Crippen molar-refractivity contribution in [2.24, 2.45) is 0 Å². The molecular formula is C18H23N3. The van der Waals surface area contributed by atoms with E-state index in [1.165, 1.54) is 24.0 Å². The number of hydrogen-bond donors (Lipinski definition) is 1. The fourth-order valence-electron chi connectivity index (χ4n) is 2.66. The zero-order valence-corrected chi connectivity index (χ0v) is 12.6. The number of likely N-dealkylation sites (N-methyl/N-ethyl adjacent to an activating group) is 1. The number of nitrogens with one attached hydrogen (secondary N) is 1. The van der Waals surface area contributed by atoms with E-state index in [9.17, 15) is 0 Å². The fraction of sp³-hybridized carbons (Fsp3) is 0.389. The third-order valence-electron chi connectivity index (χ3n) is 4.05. The molecule has 3 heteroatoms. The van der Waals surface area contributed by atoms with Crippen molar-refractivity contribution in [2.45, 2.75) is 31.5 Å². The molecule has 1 aromatic carbocycles. The van der Waals surface area contributed by atoms with Gasteiger partial charge in [0.05, 0.1) is 0 Å². The van der Waals surface area contributed by atoms with Crippen LogP contribution in [-0.2, 0) is 6.54 Å². The first kappa shape index (κ1) is 14.2. The van der Waals surface area contributed by atoms with Gasteiger partial charge in [0.25, 0.3) is 0 Å². The number of rotatable bonds is 7. The van der Waals surface area contributed by atoms with Crippen molar-refractivity contribution in [1.82, 2.24) is 15.2 Å². The second kappa shape index (κ2) is 6.83. The molecule has 1 fully saturated rings. The zero-order chi connectivity index (χ0) is 14.5. The van der Waals surface area contributed by atoms with Crippen molar-refractivity contribution in [3.8, 4) is 0 Å². The van der Waals surface area contributed by atoms with E-state index in [1.54, 1.807) is 0 Å². The summed E-state index contributed by atoms with van der Waals surface area (Å²) in [5.41, 5.74) is 2.63. The van der Waals surface area contributed by atoms with E-state index in [2.05, 4.69) is 58.6 Å². The van der Waals surface area contributed by atoms with Gasteiger partial charge in [-0.1, -0.05) is 36.4 Å². The molecule has 1 heterocycles. The van der Waals surface area contributed by atoms with Crippen molar-refractivity contribution in [3.63, 3.8) is 0 Å².